The second-order valence-corrected chi connectivity index (χ2v) is 14.3. The molecule has 0 aromatic carbocycles. The van der Waals surface area contributed by atoms with E-state index < -0.39 is 10.0 Å². The molecular formula is C28H39N7O4S2. The molecule has 2 atom stereocenters. The lowest BCUT2D eigenvalue weighted by Crippen LogP contribution is -2.39. The van der Waals surface area contributed by atoms with E-state index in [0.717, 1.165) is 41.8 Å². The molecule has 6 rings (SSSR count). The molecule has 11 nitrogen and oxygen atoms in total. The van der Waals surface area contributed by atoms with Crippen LogP contribution in [0.2, 0.25) is 0 Å². The van der Waals surface area contributed by atoms with Gasteiger partial charge in [0.1, 0.15) is 5.69 Å². The molecule has 3 fully saturated rings. The number of hydrogen-bond donors (Lipinski definition) is 1. The minimum atomic E-state index is -3.54. The maximum Gasteiger partial charge on any atom is 0.238 e. The van der Waals surface area contributed by atoms with Crippen molar-refractivity contribution in [3.8, 4) is 17.1 Å². The van der Waals surface area contributed by atoms with Crippen molar-refractivity contribution >= 4 is 43.2 Å². The van der Waals surface area contributed by atoms with Gasteiger partial charge in [0.15, 0.2) is 0 Å². The number of thiophene rings is 1. The van der Waals surface area contributed by atoms with Gasteiger partial charge in [0, 0.05) is 67.0 Å². The number of rotatable bonds is 8. The minimum absolute atomic E-state index is 0.205. The third-order valence-corrected chi connectivity index (χ3v) is 10.2. The highest BCUT2D eigenvalue weighted by atomic mass is 32.2. The van der Waals surface area contributed by atoms with Gasteiger partial charge in [-0.15, -0.1) is 11.3 Å². The van der Waals surface area contributed by atoms with Crippen LogP contribution < -0.4 is 14.4 Å². The van der Waals surface area contributed by atoms with E-state index in [0.29, 0.717) is 49.9 Å². The Balaban J connectivity index is 1.40. The number of aryl methyl sites for hydroxylation is 1. The molecule has 0 radical (unpaired) electrons. The van der Waals surface area contributed by atoms with E-state index in [1.165, 1.54) is 43.4 Å². The number of nitrogens with one attached hydrogen (secondary N) is 1. The second kappa shape index (κ2) is 11.6. The van der Waals surface area contributed by atoms with E-state index in [2.05, 4.69) is 38.3 Å². The van der Waals surface area contributed by atoms with Crippen molar-refractivity contribution in [1.29, 1.82) is 0 Å². The van der Waals surface area contributed by atoms with Crippen molar-refractivity contribution < 1.29 is 17.9 Å². The molecule has 222 valence electrons. The Bertz CT molecular complexity index is 1520. The number of anilines is 2. The van der Waals surface area contributed by atoms with E-state index >= 15 is 0 Å². The lowest BCUT2D eigenvalue weighted by atomic mass is 10.1. The topological polar surface area (TPSA) is 113 Å². The van der Waals surface area contributed by atoms with Crippen molar-refractivity contribution in [3.63, 3.8) is 0 Å². The van der Waals surface area contributed by atoms with Crippen molar-refractivity contribution in [2.75, 3.05) is 68.9 Å². The predicted octanol–water partition coefficient (Wildman–Crippen LogP) is 3.34. The van der Waals surface area contributed by atoms with Crippen molar-refractivity contribution in [2.45, 2.75) is 51.7 Å². The zero-order valence-corrected chi connectivity index (χ0v) is 25.9. The molecule has 3 aromatic heterocycles. The summed E-state index contributed by atoms with van der Waals surface area (Å²) in [6.45, 7) is 11.4. The summed E-state index contributed by atoms with van der Waals surface area (Å²) in [7, 11) is -2.07. The van der Waals surface area contributed by atoms with Gasteiger partial charge >= 0.3 is 0 Å². The molecule has 41 heavy (non-hydrogen) atoms. The van der Waals surface area contributed by atoms with Gasteiger partial charge < -0.3 is 14.4 Å². The van der Waals surface area contributed by atoms with E-state index in [1.807, 2.05) is 0 Å². The Morgan fingerprint density at radius 1 is 1.17 bits per heavy atom. The number of pyridine rings is 1. The van der Waals surface area contributed by atoms with Crippen molar-refractivity contribution in [1.82, 2.24) is 24.8 Å². The Morgan fingerprint density at radius 2 is 1.98 bits per heavy atom. The van der Waals surface area contributed by atoms with E-state index in [-0.39, 0.29) is 11.6 Å². The van der Waals surface area contributed by atoms with E-state index in [9.17, 15) is 8.42 Å². The standard InChI is InChI=1S/C28H39N7O4S2/c1-18-6-5-8-35(18)21-7-9-33(16-21)17-22-19(2)40-26-24(30-28(31-25(22)26)34-10-12-39-13-11-34)20-14-23(32-41(4,36)37)27(38-3)29-15-20/h14-15,18,21,32H,5-13,16-17H2,1-4H3. The van der Waals surface area contributed by atoms with Crippen LogP contribution in [0.1, 0.15) is 36.6 Å². The zero-order valence-electron chi connectivity index (χ0n) is 24.2. The Kier molecular flexibility index (Phi) is 8.07. The van der Waals surface area contributed by atoms with Gasteiger partial charge in [0.25, 0.3) is 0 Å². The maximum absolute atomic E-state index is 12.1. The van der Waals surface area contributed by atoms with Crippen LogP contribution in [-0.2, 0) is 21.3 Å². The molecule has 0 spiro atoms. The molecule has 6 heterocycles. The predicted molar refractivity (Wildman–Crippen MR) is 163 cm³/mol. The molecule has 0 amide bonds. The Morgan fingerprint density at radius 3 is 2.68 bits per heavy atom. The summed E-state index contributed by atoms with van der Waals surface area (Å²) in [5, 5.41) is 0. The summed E-state index contributed by atoms with van der Waals surface area (Å²) in [4.78, 5) is 23.3. The smallest absolute Gasteiger partial charge is 0.238 e. The molecule has 3 aliphatic rings. The zero-order chi connectivity index (χ0) is 28.7. The van der Waals surface area contributed by atoms with Crippen molar-refractivity contribution in [2.24, 2.45) is 0 Å². The lowest BCUT2D eigenvalue weighted by Gasteiger charge is -2.28. The van der Waals surface area contributed by atoms with Crippen LogP contribution >= 0.6 is 11.3 Å². The molecule has 13 heteroatoms. The summed E-state index contributed by atoms with van der Waals surface area (Å²) < 4.78 is 38.6. The van der Waals surface area contributed by atoms with Crippen LogP contribution in [0.3, 0.4) is 0 Å². The van der Waals surface area contributed by atoms with Gasteiger partial charge in [-0.2, -0.15) is 0 Å². The van der Waals surface area contributed by atoms with Gasteiger partial charge in [0.2, 0.25) is 21.9 Å². The quantitative estimate of drug-likeness (QED) is 0.413. The molecule has 3 aliphatic heterocycles. The summed E-state index contributed by atoms with van der Waals surface area (Å²) >= 11 is 1.69. The van der Waals surface area contributed by atoms with Gasteiger partial charge in [-0.1, -0.05) is 0 Å². The summed E-state index contributed by atoms with van der Waals surface area (Å²) in [5.41, 5.74) is 3.93. The van der Waals surface area contributed by atoms with Crippen LogP contribution in [0.4, 0.5) is 11.6 Å². The highest BCUT2D eigenvalue weighted by molar-refractivity contribution is 7.92. The molecule has 3 saturated heterocycles. The third-order valence-electron chi connectivity index (χ3n) is 8.43. The molecule has 1 N–H and O–H groups in total. The van der Waals surface area contributed by atoms with Gasteiger partial charge in [0.05, 0.1) is 42.5 Å². The Hall–Kier alpha value is -2.58. The highest BCUT2D eigenvalue weighted by Crippen LogP contribution is 2.40. The number of likely N-dealkylation sites (tertiary alicyclic amines) is 2. The molecular weight excluding hydrogens is 562 g/mol. The fraction of sp³-hybridized carbons (Fsp3) is 0.607. The maximum atomic E-state index is 12.1. The summed E-state index contributed by atoms with van der Waals surface area (Å²) in [6, 6.07) is 3.04. The first kappa shape index (κ1) is 28.5. The largest absolute Gasteiger partial charge is 0.480 e. The fourth-order valence-corrected chi connectivity index (χ4v) is 8.04. The number of hydrogen-bond acceptors (Lipinski definition) is 11. The van der Waals surface area contributed by atoms with Gasteiger partial charge in [-0.05, 0) is 45.7 Å². The molecule has 2 unspecified atom stereocenters. The first-order valence-electron chi connectivity index (χ1n) is 14.3. The fourth-order valence-electron chi connectivity index (χ4n) is 6.37. The van der Waals surface area contributed by atoms with Crippen LogP contribution in [0, 0.1) is 6.92 Å². The lowest BCUT2D eigenvalue weighted by molar-refractivity contribution is 0.122. The highest BCUT2D eigenvalue weighted by Gasteiger charge is 2.33. The number of ether oxygens (including phenoxy) is 2. The number of sulfonamides is 1. The minimum Gasteiger partial charge on any atom is -0.480 e. The first-order chi connectivity index (χ1) is 19.7. The van der Waals surface area contributed by atoms with Crippen LogP contribution in [0.5, 0.6) is 5.88 Å². The molecule has 3 aromatic rings. The number of fused-ring (bicyclic) bond motifs is 1. The monoisotopic (exact) mass is 601 g/mol. The van der Waals surface area contributed by atoms with Crippen LogP contribution in [0.15, 0.2) is 12.3 Å². The van der Waals surface area contributed by atoms with Gasteiger partial charge in [-0.3, -0.25) is 14.5 Å². The van der Waals surface area contributed by atoms with E-state index in [4.69, 9.17) is 19.4 Å². The number of aromatic nitrogens is 3. The van der Waals surface area contributed by atoms with Crippen LogP contribution in [0.25, 0.3) is 21.5 Å². The van der Waals surface area contributed by atoms with Crippen molar-refractivity contribution in [3.05, 3.63) is 22.7 Å². The summed E-state index contributed by atoms with van der Waals surface area (Å²) in [6.07, 6.45) is 6.61. The molecule has 0 bridgehead atoms. The summed E-state index contributed by atoms with van der Waals surface area (Å²) in [5.74, 6) is 0.866. The number of methoxy groups -OCH3 is 1. The third kappa shape index (κ3) is 6.00. The normalized spacial score (nSPS) is 22.6. The molecule has 0 aliphatic carbocycles. The first-order valence-corrected chi connectivity index (χ1v) is 17.0. The molecule has 0 saturated carbocycles. The second-order valence-electron chi connectivity index (χ2n) is 11.3. The SMILES string of the molecule is COc1ncc(-c2nc(N3CCOCC3)nc3c(CN4CCC(N5CCCC5C)C4)c(C)sc23)cc1NS(C)(=O)=O. The van der Waals surface area contributed by atoms with E-state index in [1.54, 1.807) is 23.6 Å². The number of nitrogens with zero attached hydrogens (tertiary/aromatic N) is 6. The number of morpholine rings is 1. The average molecular weight is 602 g/mol. The Labute approximate surface area is 245 Å². The van der Waals surface area contributed by atoms with Gasteiger partial charge in [-0.25, -0.2) is 23.4 Å². The van der Waals surface area contributed by atoms with Crippen LogP contribution in [-0.4, -0.2) is 105 Å². The average Bonchev–Trinajstić information content (AvgIpc) is 3.67.